The molecule has 158 valence electrons. The standard InChI is InChI=1S/C21H23BrN4O4/c1-29-17-7-6-13(12-18(17)30-2)23-20(27)25-10-8-14(9-11-25)26-16-5-3-4-15(22)19(16)24-21(26)28/h3-7,12,14H,8-11H2,1-2H3,(H,23,27)(H,24,28). The molecule has 1 aliphatic rings. The molecule has 0 atom stereocenters. The molecule has 1 saturated heterocycles. The average Bonchev–Trinajstić information content (AvgIpc) is 3.11. The van der Waals surface area contributed by atoms with Crippen molar-refractivity contribution in [3.63, 3.8) is 0 Å². The number of halogens is 1. The molecule has 3 aromatic rings. The van der Waals surface area contributed by atoms with Crippen LogP contribution in [0.4, 0.5) is 10.5 Å². The van der Waals surface area contributed by atoms with Gasteiger partial charge < -0.3 is 24.7 Å². The van der Waals surface area contributed by atoms with Gasteiger partial charge in [0.15, 0.2) is 11.5 Å². The molecule has 0 aliphatic carbocycles. The van der Waals surface area contributed by atoms with Crippen LogP contribution >= 0.6 is 15.9 Å². The topological polar surface area (TPSA) is 88.6 Å². The first-order chi connectivity index (χ1) is 14.5. The number of H-pyrrole nitrogens is 1. The first-order valence-electron chi connectivity index (χ1n) is 9.68. The highest BCUT2D eigenvalue weighted by Crippen LogP contribution is 2.31. The molecule has 9 heteroatoms. The molecule has 0 unspecified atom stereocenters. The summed E-state index contributed by atoms with van der Waals surface area (Å²) in [6, 6.07) is 10.9. The highest BCUT2D eigenvalue weighted by Gasteiger charge is 2.26. The largest absolute Gasteiger partial charge is 0.493 e. The van der Waals surface area contributed by atoms with E-state index in [0.717, 1.165) is 15.5 Å². The summed E-state index contributed by atoms with van der Waals surface area (Å²) in [5.74, 6) is 1.16. The number of ether oxygens (including phenoxy) is 2. The van der Waals surface area contributed by atoms with Crippen LogP contribution < -0.4 is 20.5 Å². The SMILES string of the molecule is COc1ccc(NC(=O)N2CCC(n3c(=O)[nH]c4c(Br)cccc43)CC2)cc1OC. The number of nitrogens with zero attached hydrogens (tertiary/aromatic N) is 2. The van der Waals surface area contributed by atoms with Crippen LogP contribution in [0.2, 0.25) is 0 Å². The second kappa shape index (κ2) is 8.43. The molecule has 1 aromatic heterocycles. The molecule has 8 nitrogen and oxygen atoms in total. The lowest BCUT2D eigenvalue weighted by molar-refractivity contribution is 0.184. The van der Waals surface area contributed by atoms with Gasteiger partial charge in [0.25, 0.3) is 0 Å². The maximum absolute atomic E-state index is 12.7. The zero-order valence-corrected chi connectivity index (χ0v) is 18.4. The maximum Gasteiger partial charge on any atom is 0.326 e. The van der Waals surface area contributed by atoms with Gasteiger partial charge in [-0.3, -0.25) is 4.57 Å². The lowest BCUT2D eigenvalue weighted by atomic mass is 10.0. The molecule has 2 heterocycles. The van der Waals surface area contributed by atoms with E-state index >= 15 is 0 Å². The number of likely N-dealkylation sites (tertiary alicyclic amines) is 1. The fraction of sp³-hybridized carbons (Fsp3) is 0.333. The van der Waals surface area contributed by atoms with Crippen molar-refractivity contribution >= 4 is 38.7 Å². The molecule has 1 aliphatic heterocycles. The summed E-state index contributed by atoms with van der Waals surface area (Å²) in [5, 5.41) is 2.91. The molecular formula is C21H23BrN4O4. The van der Waals surface area contributed by atoms with Gasteiger partial charge in [0, 0.05) is 35.4 Å². The van der Waals surface area contributed by atoms with Gasteiger partial charge >= 0.3 is 11.7 Å². The minimum absolute atomic E-state index is 0.0469. The second-order valence-corrected chi connectivity index (χ2v) is 8.01. The van der Waals surface area contributed by atoms with Gasteiger partial charge in [0.1, 0.15) is 0 Å². The van der Waals surface area contributed by atoms with E-state index in [4.69, 9.17) is 9.47 Å². The van der Waals surface area contributed by atoms with Crippen LogP contribution in [-0.4, -0.2) is 47.8 Å². The molecule has 0 radical (unpaired) electrons. The van der Waals surface area contributed by atoms with E-state index in [1.54, 1.807) is 37.3 Å². The number of amides is 2. The van der Waals surface area contributed by atoms with E-state index in [1.165, 1.54) is 0 Å². The van der Waals surface area contributed by atoms with Crippen molar-refractivity contribution in [3.05, 3.63) is 51.4 Å². The van der Waals surface area contributed by atoms with Crippen molar-refractivity contribution in [1.82, 2.24) is 14.5 Å². The summed E-state index contributed by atoms with van der Waals surface area (Å²) in [6.07, 6.45) is 1.41. The van der Waals surface area contributed by atoms with Crippen LogP contribution in [0.3, 0.4) is 0 Å². The molecule has 0 spiro atoms. The lowest BCUT2D eigenvalue weighted by Crippen LogP contribution is -2.42. The Hall–Kier alpha value is -2.94. The quantitative estimate of drug-likeness (QED) is 0.598. The number of fused-ring (bicyclic) bond motifs is 1. The second-order valence-electron chi connectivity index (χ2n) is 7.15. The third-order valence-electron chi connectivity index (χ3n) is 5.45. The number of rotatable bonds is 4. The number of hydrogen-bond donors (Lipinski definition) is 2. The van der Waals surface area contributed by atoms with Crippen LogP contribution in [0.25, 0.3) is 11.0 Å². The molecule has 0 saturated carbocycles. The van der Waals surface area contributed by atoms with E-state index < -0.39 is 0 Å². The summed E-state index contributed by atoms with van der Waals surface area (Å²) in [5.41, 5.74) is 2.20. The summed E-state index contributed by atoms with van der Waals surface area (Å²) in [7, 11) is 3.12. The fourth-order valence-electron chi connectivity index (χ4n) is 3.92. The Morgan fingerprint density at radius 1 is 1.13 bits per heavy atom. The number of aromatic nitrogens is 2. The molecular weight excluding hydrogens is 452 g/mol. The minimum atomic E-state index is -0.172. The van der Waals surface area contributed by atoms with Gasteiger partial charge in [0.05, 0.1) is 25.3 Å². The van der Waals surface area contributed by atoms with E-state index in [-0.39, 0.29) is 17.8 Å². The predicted molar refractivity (Wildman–Crippen MR) is 119 cm³/mol. The maximum atomic E-state index is 12.7. The number of benzene rings is 2. The number of imidazole rings is 1. The number of methoxy groups -OCH3 is 2. The number of carbonyl (C=O) groups is 1. The zero-order valence-electron chi connectivity index (χ0n) is 16.8. The third kappa shape index (κ3) is 3.77. The first kappa shape index (κ1) is 20.3. The van der Waals surface area contributed by atoms with Gasteiger partial charge in [-0.15, -0.1) is 0 Å². The van der Waals surface area contributed by atoms with Gasteiger partial charge in [-0.2, -0.15) is 0 Å². The Kier molecular flexibility index (Phi) is 5.72. The minimum Gasteiger partial charge on any atom is -0.493 e. The molecule has 1 fully saturated rings. The molecule has 30 heavy (non-hydrogen) atoms. The number of urea groups is 1. The Bertz CT molecular complexity index is 1130. The number of aromatic amines is 1. The van der Waals surface area contributed by atoms with Crippen LogP contribution in [0.5, 0.6) is 11.5 Å². The van der Waals surface area contributed by atoms with Crippen molar-refractivity contribution in [1.29, 1.82) is 0 Å². The Labute approximate surface area is 181 Å². The molecule has 4 rings (SSSR count). The average molecular weight is 475 g/mol. The van der Waals surface area contributed by atoms with E-state index in [1.807, 2.05) is 22.8 Å². The summed E-state index contributed by atoms with van der Waals surface area (Å²) >= 11 is 3.49. The Balaban J connectivity index is 1.44. The number of nitrogens with one attached hydrogen (secondary N) is 2. The molecule has 2 N–H and O–H groups in total. The summed E-state index contributed by atoms with van der Waals surface area (Å²) < 4.78 is 13.2. The molecule has 2 amide bonds. The third-order valence-corrected chi connectivity index (χ3v) is 6.11. The highest BCUT2D eigenvalue weighted by molar-refractivity contribution is 9.10. The van der Waals surface area contributed by atoms with Crippen LogP contribution in [-0.2, 0) is 0 Å². The molecule has 0 bridgehead atoms. The predicted octanol–water partition coefficient (Wildman–Crippen LogP) is 3.98. The first-order valence-corrected chi connectivity index (χ1v) is 10.5. The van der Waals surface area contributed by atoms with Crippen molar-refractivity contribution in [2.75, 3.05) is 32.6 Å². The van der Waals surface area contributed by atoms with Crippen LogP contribution in [0, 0.1) is 0 Å². The molecule has 2 aromatic carbocycles. The van der Waals surface area contributed by atoms with E-state index in [0.29, 0.717) is 43.1 Å². The number of piperidine rings is 1. The van der Waals surface area contributed by atoms with E-state index in [2.05, 4.69) is 26.2 Å². The van der Waals surface area contributed by atoms with Crippen molar-refractivity contribution in [2.45, 2.75) is 18.9 Å². The van der Waals surface area contributed by atoms with Crippen molar-refractivity contribution in [3.8, 4) is 11.5 Å². The van der Waals surface area contributed by atoms with Crippen LogP contribution in [0.15, 0.2) is 45.7 Å². The van der Waals surface area contributed by atoms with E-state index in [9.17, 15) is 9.59 Å². The fourth-order valence-corrected chi connectivity index (χ4v) is 4.37. The van der Waals surface area contributed by atoms with Crippen molar-refractivity contribution in [2.24, 2.45) is 0 Å². The summed E-state index contributed by atoms with van der Waals surface area (Å²) in [6.45, 7) is 1.13. The van der Waals surface area contributed by atoms with Gasteiger partial charge in [-0.1, -0.05) is 6.07 Å². The number of anilines is 1. The van der Waals surface area contributed by atoms with Gasteiger partial charge in [-0.05, 0) is 53.0 Å². The Morgan fingerprint density at radius 2 is 1.87 bits per heavy atom. The van der Waals surface area contributed by atoms with Gasteiger partial charge in [-0.25, -0.2) is 9.59 Å². The normalized spacial score (nSPS) is 14.7. The number of carbonyl (C=O) groups excluding carboxylic acids is 1. The monoisotopic (exact) mass is 474 g/mol. The van der Waals surface area contributed by atoms with Crippen LogP contribution in [0.1, 0.15) is 18.9 Å². The van der Waals surface area contributed by atoms with Gasteiger partial charge in [0.2, 0.25) is 0 Å². The lowest BCUT2D eigenvalue weighted by Gasteiger charge is -2.32. The zero-order chi connectivity index (χ0) is 21.3. The number of hydrogen-bond acceptors (Lipinski definition) is 4. The highest BCUT2D eigenvalue weighted by atomic mass is 79.9. The number of para-hydroxylation sites is 1. The smallest absolute Gasteiger partial charge is 0.326 e. The Morgan fingerprint density at radius 3 is 2.57 bits per heavy atom. The van der Waals surface area contributed by atoms with Crippen molar-refractivity contribution < 1.29 is 14.3 Å². The summed E-state index contributed by atoms with van der Waals surface area (Å²) in [4.78, 5) is 29.9.